The Morgan fingerprint density at radius 1 is 0.343 bits per heavy atom. The first-order valence-corrected chi connectivity index (χ1v) is 29.1. The molecule has 0 saturated heterocycles. The van der Waals surface area contributed by atoms with E-state index < -0.39 is 6.10 Å². The molecule has 1 atom stereocenters. The first-order valence-electron chi connectivity index (χ1n) is 29.1. The molecule has 0 heterocycles. The number of aliphatic hydroxyl groups excluding tert-OH is 1. The number of hydrogen-bond acceptors (Lipinski definition) is 5. The van der Waals surface area contributed by atoms with E-state index in [1.807, 2.05) is 0 Å². The van der Waals surface area contributed by atoms with Crippen molar-refractivity contribution < 1.29 is 24.2 Å². The summed E-state index contributed by atoms with van der Waals surface area (Å²) in [6.07, 6.45) is 87.4. The van der Waals surface area contributed by atoms with E-state index in [0.29, 0.717) is 12.8 Å². The maximum Gasteiger partial charge on any atom is 0.306 e. The van der Waals surface area contributed by atoms with Gasteiger partial charge in [-0.15, -0.1) is 0 Å². The highest BCUT2D eigenvalue weighted by molar-refractivity contribution is 5.70. The first kappa shape index (κ1) is 66.3. The van der Waals surface area contributed by atoms with Gasteiger partial charge in [-0.2, -0.15) is 0 Å². The molecule has 0 bridgehead atoms. The van der Waals surface area contributed by atoms with Crippen molar-refractivity contribution in [1.82, 2.24) is 0 Å². The summed E-state index contributed by atoms with van der Waals surface area (Å²) in [5.41, 5.74) is 0. The Morgan fingerprint density at radius 2 is 0.614 bits per heavy atom. The van der Waals surface area contributed by atoms with Crippen LogP contribution < -0.4 is 0 Å². The molecule has 0 aromatic heterocycles. The Hall–Kier alpha value is -3.70. The van der Waals surface area contributed by atoms with Gasteiger partial charge in [0.2, 0.25) is 0 Å². The minimum Gasteiger partial charge on any atom is -0.462 e. The predicted molar refractivity (Wildman–Crippen MR) is 306 cm³/mol. The van der Waals surface area contributed by atoms with Crippen molar-refractivity contribution in [1.29, 1.82) is 0 Å². The smallest absolute Gasteiger partial charge is 0.306 e. The molecule has 0 amide bonds. The number of aliphatic hydroxyl groups is 1. The molecule has 0 fully saturated rings. The lowest BCUT2D eigenvalue weighted by molar-refractivity contribution is -0.161. The molecule has 0 radical (unpaired) electrons. The van der Waals surface area contributed by atoms with Crippen molar-refractivity contribution in [3.05, 3.63) is 122 Å². The number of ether oxygens (including phenoxy) is 2. The summed E-state index contributed by atoms with van der Waals surface area (Å²) in [6.45, 7) is 4.00. The predicted octanol–water partition coefficient (Wildman–Crippen LogP) is 19.9. The van der Waals surface area contributed by atoms with Gasteiger partial charge in [-0.05, 0) is 109 Å². The second-order valence-electron chi connectivity index (χ2n) is 19.0. The van der Waals surface area contributed by atoms with Crippen molar-refractivity contribution in [3.8, 4) is 0 Å². The summed E-state index contributed by atoms with van der Waals surface area (Å²) >= 11 is 0. The average molecular weight is 970 g/mol. The van der Waals surface area contributed by atoms with Gasteiger partial charge in [-0.1, -0.05) is 257 Å². The molecule has 0 aromatic carbocycles. The standard InChI is InChI=1S/C65H108O5/c1-3-5-7-9-11-13-15-17-19-21-23-25-27-29-31-32-34-36-38-40-42-44-46-48-50-52-54-56-58-60-65(68)70-63(61-66)62-69-64(67)59-57-55-53-51-49-47-45-43-41-39-37-35-33-30-28-26-24-22-20-18-16-14-12-10-8-6-4-2/h5,7,11,13,16-19,22-25,29,31,34,36,40,42,46,48,63,66H,3-4,6,8-10,12,14-15,20-21,26-28,30,32-33,35,37-39,41,43-45,47,49-62H2,1-2H3/b7-5-,13-11-,18-16-,19-17-,24-22-,25-23-,31-29-,36-34-,42-40-,48-46-. The molecule has 0 aliphatic heterocycles. The summed E-state index contributed by atoms with van der Waals surface area (Å²) < 4.78 is 10.7. The number of unbranched alkanes of at least 4 members (excludes halogenated alkanes) is 24. The first-order chi connectivity index (χ1) is 34.6. The van der Waals surface area contributed by atoms with Crippen LogP contribution in [0.2, 0.25) is 0 Å². The molecule has 5 heteroatoms. The summed E-state index contributed by atoms with van der Waals surface area (Å²) in [7, 11) is 0. The Kier molecular flexibility index (Phi) is 56.5. The van der Waals surface area contributed by atoms with E-state index in [1.54, 1.807) is 0 Å². The largest absolute Gasteiger partial charge is 0.462 e. The maximum absolute atomic E-state index is 12.3. The molecule has 0 spiro atoms. The van der Waals surface area contributed by atoms with Gasteiger partial charge in [-0.25, -0.2) is 0 Å². The van der Waals surface area contributed by atoms with Crippen molar-refractivity contribution >= 4 is 11.9 Å². The number of carbonyl (C=O) groups is 2. The zero-order valence-electron chi connectivity index (χ0n) is 45.5. The molecule has 398 valence electrons. The van der Waals surface area contributed by atoms with Gasteiger partial charge < -0.3 is 14.6 Å². The van der Waals surface area contributed by atoms with Gasteiger partial charge in [-0.3, -0.25) is 9.59 Å². The lowest BCUT2D eigenvalue weighted by Crippen LogP contribution is -2.28. The topological polar surface area (TPSA) is 72.8 Å². The fourth-order valence-corrected chi connectivity index (χ4v) is 7.90. The van der Waals surface area contributed by atoms with Gasteiger partial charge in [0.05, 0.1) is 6.61 Å². The monoisotopic (exact) mass is 969 g/mol. The fraction of sp³-hybridized carbons (Fsp3) is 0.662. The van der Waals surface area contributed by atoms with E-state index >= 15 is 0 Å². The van der Waals surface area contributed by atoms with E-state index in [1.165, 1.54) is 122 Å². The molecule has 0 saturated carbocycles. The van der Waals surface area contributed by atoms with Crippen molar-refractivity contribution in [2.75, 3.05) is 13.2 Å². The van der Waals surface area contributed by atoms with Crippen LogP contribution in [0.1, 0.15) is 258 Å². The van der Waals surface area contributed by atoms with Crippen molar-refractivity contribution in [2.24, 2.45) is 0 Å². The fourth-order valence-electron chi connectivity index (χ4n) is 7.90. The number of allylic oxidation sites excluding steroid dienone is 20. The highest BCUT2D eigenvalue weighted by Gasteiger charge is 2.16. The van der Waals surface area contributed by atoms with Crippen LogP contribution in [-0.2, 0) is 19.1 Å². The molecule has 0 rings (SSSR count). The van der Waals surface area contributed by atoms with Gasteiger partial charge in [0.15, 0.2) is 6.10 Å². The van der Waals surface area contributed by atoms with E-state index in [-0.39, 0.29) is 25.2 Å². The van der Waals surface area contributed by atoms with Gasteiger partial charge >= 0.3 is 11.9 Å². The van der Waals surface area contributed by atoms with Crippen LogP contribution in [0.4, 0.5) is 0 Å². The summed E-state index contributed by atoms with van der Waals surface area (Å²) in [5, 5.41) is 9.66. The van der Waals surface area contributed by atoms with Crippen LogP contribution in [0.5, 0.6) is 0 Å². The average Bonchev–Trinajstić information content (AvgIpc) is 3.36. The summed E-state index contributed by atoms with van der Waals surface area (Å²) in [6, 6.07) is 0. The highest BCUT2D eigenvalue weighted by Crippen LogP contribution is 2.15. The van der Waals surface area contributed by atoms with Crippen LogP contribution in [0.15, 0.2) is 122 Å². The summed E-state index contributed by atoms with van der Waals surface area (Å²) in [4.78, 5) is 24.5. The van der Waals surface area contributed by atoms with Gasteiger partial charge in [0.25, 0.3) is 0 Å². The van der Waals surface area contributed by atoms with Crippen LogP contribution >= 0.6 is 0 Å². The van der Waals surface area contributed by atoms with Crippen LogP contribution in [-0.4, -0.2) is 36.4 Å². The zero-order valence-corrected chi connectivity index (χ0v) is 45.5. The minimum atomic E-state index is -0.795. The lowest BCUT2D eigenvalue weighted by atomic mass is 10.0. The van der Waals surface area contributed by atoms with Crippen LogP contribution in [0.3, 0.4) is 0 Å². The molecule has 1 N–H and O–H groups in total. The van der Waals surface area contributed by atoms with Crippen molar-refractivity contribution in [2.45, 2.75) is 264 Å². The SMILES string of the molecule is CC/C=C\C/C=C\C/C=C\C/C=C\C/C=C\C/C=C\C/C=C\C/C=C\CCCCCCC(=O)OC(CO)COC(=O)CCCCCCCCCCCCCCCCC/C=C\C/C=C\CCCCCCC. The Bertz CT molecular complexity index is 1420. The molecular weight excluding hydrogens is 861 g/mol. The van der Waals surface area contributed by atoms with E-state index in [0.717, 1.165) is 109 Å². The number of esters is 2. The second kappa shape index (κ2) is 59.6. The van der Waals surface area contributed by atoms with E-state index in [9.17, 15) is 14.7 Å². The highest BCUT2D eigenvalue weighted by atomic mass is 16.6. The maximum atomic E-state index is 12.3. The van der Waals surface area contributed by atoms with E-state index in [4.69, 9.17) is 9.47 Å². The third kappa shape index (κ3) is 56.9. The lowest BCUT2D eigenvalue weighted by Gasteiger charge is -2.15. The molecule has 0 aromatic rings. The summed E-state index contributed by atoms with van der Waals surface area (Å²) in [5.74, 6) is -0.622. The molecular formula is C65H108O5. The Morgan fingerprint density at radius 3 is 0.929 bits per heavy atom. The van der Waals surface area contributed by atoms with E-state index in [2.05, 4.69) is 135 Å². The quantitative estimate of drug-likeness (QED) is 0.0374. The number of carbonyl (C=O) groups excluding carboxylic acids is 2. The third-order valence-electron chi connectivity index (χ3n) is 12.2. The van der Waals surface area contributed by atoms with Crippen LogP contribution in [0.25, 0.3) is 0 Å². The zero-order chi connectivity index (χ0) is 50.6. The Labute approximate surface area is 433 Å². The molecule has 0 aliphatic carbocycles. The van der Waals surface area contributed by atoms with Gasteiger partial charge in [0.1, 0.15) is 6.61 Å². The number of hydrogen-bond donors (Lipinski definition) is 1. The minimum absolute atomic E-state index is 0.0826. The molecule has 70 heavy (non-hydrogen) atoms. The van der Waals surface area contributed by atoms with Gasteiger partial charge in [0, 0.05) is 12.8 Å². The van der Waals surface area contributed by atoms with Crippen molar-refractivity contribution in [3.63, 3.8) is 0 Å². The second-order valence-corrected chi connectivity index (χ2v) is 19.0. The normalized spacial score (nSPS) is 13.1. The number of rotatable bonds is 52. The van der Waals surface area contributed by atoms with Crippen LogP contribution in [0, 0.1) is 0 Å². The molecule has 1 unspecified atom stereocenters. The molecule has 5 nitrogen and oxygen atoms in total. The molecule has 0 aliphatic rings. The Balaban J connectivity index is 3.59. The third-order valence-corrected chi connectivity index (χ3v) is 12.2.